The van der Waals surface area contributed by atoms with Gasteiger partial charge in [0.15, 0.2) is 0 Å². The third-order valence-electron chi connectivity index (χ3n) is 2.11. The number of aromatic carboxylic acids is 1. The van der Waals surface area contributed by atoms with Crippen LogP contribution in [0.5, 0.6) is 0 Å². The van der Waals surface area contributed by atoms with Gasteiger partial charge in [0.25, 0.3) is 0 Å². The molecule has 1 heterocycles. The predicted molar refractivity (Wildman–Crippen MR) is 74.0 cm³/mol. The van der Waals surface area contributed by atoms with Crippen LogP contribution < -0.4 is 0 Å². The molecule has 1 rings (SSSR count). The molecule has 0 saturated heterocycles. The van der Waals surface area contributed by atoms with E-state index in [-0.39, 0.29) is 16.4 Å². The molecule has 106 valence electrons. The Balaban J connectivity index is 2.75. The van der Waals surface area contributed by atoms with Gasteiger partial charge < -0.3 is 14.7 Å². The molecule has 0 saturated carbocycles. The summed E-state index contributed by atoms with van der Waals surface area (Å²) < 4.78 is 5.20. The highest BCUT2D eigenvalue weighted by molar-refractivity contribution is 7.12. The van der Waals surface area contributed by atoms with Crippen molar-refractivity contribution in [1.29, 1.82) is 0 Å². The highest BCUT2D eigenvalue weighted by Crippen LogP contribution is 2.29. The molecule has 1 aromatic heterocycles. The van der Waals surface area contributed by atoms with E-state index in [9.17, 15) is 9.59 Å². The van der Waals surface area contributed by atoms with E-state index in [1.54, 1.807) is 33.2 Å². The Labute approximate surface area is 120 Å². The minimum Gasteiger partial charge on any atom is -0.477 e. The Morgan fingerprint density at radius 2 is 2.05 bits per heavy atom. The van der Waals surface area contributed by atoms with Crippen molar-refractivity contribution in [2.45, 2.75) is 32.9 Å². The maximum atomic E-state index is 11.8. The van der Waals surface area contributed by atoms with Gasteiger partial charge in [-0.3, -0.25) is 0 Å². The van der Waals surface area contributed by atoms with E-state index in [1.807, 2.05) is 0 Å². The van der Waals surface area contributed by atoms with Crippen molar-refractivity contribution < 1.29 is 19.4 Å². The highest BCUT2D eigenvalue weighted by Gasteiger charge is 2.22. The zero-order valence-electron chi connectivity index (χ0n) is 11.2. The van der Waals surface area contributed by atoms with Crippen molar-refractivity contribution in [1.82, 2.24) is 4.90 Å². The lowest BCUT2D eigenvalue weighted by atomic mass is 10.2. The van der Waals surface area contributed by atoms with E-state index in [4.69, 9.17) is 21.4 Å². The minimum atomic E-state index is -1.07. The molecule has 0 unspecified atom stereocenters. The lowest BCUT2D eigenvalue weighted by Gasteiger charge is -2.24. The summed E-state index contributed by atoms with van der Waals surface area (Å²) in [5, 5.41) is 10.7. The fraction of sp³-hybridized carbons (Fsp3) is 0.500. The topological polar surface area (TPSA) is 66.8 Å². The molecule has 0 aliphatic carbocycles. The minimum absolute atomic E-state index is 0.0780. The van der Waals surface area contributed by atoms with E-state index in [2.05, 4.69) is 0 Å². The summed E-state index contributed by atoms with van der Waals surface area (Å²) in [6, 6.07) is 0. The summed E-state index contributed by atoms with van der Waals surface area (Å²) in [5.41, 5.74) is 0.0214. The Bertz CT molecular complexity index is 492. The maximum absolute atomic E-state index is 11.8. The van der Waals surface area contributed by atoms with Crippen LogP contribution in [-0.2, 0) is 11.3 Å². The van der Waals surface area contributed by atoms with Crippen LogP contribution in [0.15, 0.2) is 5.38 Å². The van der Waals surface area contributed by atoms with Gasteiger partial charge in [0.05, 0.1) is 11.6 Å². The fourth-order valence-corrected chi connectivity index (χ4v) is 2.47. The highest BCUT2D eigenvalue weighted by atomic mass is 35.5. The SMILES string of the molecule is CN(Cc1csc(C(=O)O)c1Cl)C(=O)OC(C)(C)C. The zero-order valence-corrected chi connectivity index (χ0v) is 12.8. The summed E-state index contributed by atoms with van der Waals surface area (Å²) >= 11 is 6.99. The van der Waals surface area contributed by atoms with Crippen molar-refractivity contribution in [2.75, 3.05) is 7.05 Å². The average Bonchev–Trinajstić information content (AvgIpc) is 2.58. The Kier molecular flexibility index (Phi) is 4.81. The summed E-state index contributed by atoms with van der Waals surface area (Å²) in [4.78, 5) is 24.1. The van der Waals surface area contributed by atoms with Gasteiger partial charge in [0.1, 0.15) is 10.5 Å². The van der Waals surface area contributed by atoms with Gasteiger partial charge in [0, 0.05) is 12.6 Å². The van der Waals surface area contributed by atoms with Crippen LogP contribution in [0.3, 0.4) is 0 Å². The number of carboxylic acids is 1. The number of hydrogen-bond donors (Lipinski definition) is 1. The normalized spacial score (nSPS) is 11.2. The number of carbonyl (C=O) groups excluding carboxylic acids is 1. The van der Waals surface area contributed by atoms with E-state index in [1.165, 1.54) is 4.90 Å². The standard InChI is InChI=1S/C12H16ClNO4S/c1-12(2,3)18-11(17)14(4)5-7-6-19-9(8(7)13)10(15)16/h6H,5H2,1-4H3,(H,15,16). The molecule has 5 nitrogen and oxygen atoms in total. The van der Waals surface area contributed by atoms with Crippen molar-refractivity contribution in [3.05, 3.63) is 20.8 Å². The number of thiophene rings is 1. The van der Waals surface area contributed by atoms with Gasteiger partial charge in [-0.25, -0.2) is 9.59 Å². The van der Waals surface area contributed by atoms with Gasteiger partial charge in [-0.05, 0) is 26.2 Å². The molecule has 7 heteroatoms. The summed E-state index contributed by atoms with van der Waals surface area (Å²) in [6.07, 6.45) is -0.480. The van der Waals surface area contributed by atoms with E-state index in [0.717, 1.165) is 11.3 Å². The van der Waals surface area contributed by atoms with E-state index in [0.29, 0.717) is 5.56 Å². The lowest BCUT2D eigenvalue weighted by molar-refractivity contribution is 0.0285. The Hall–Kier alpha value is -1.27. The van der Waals surface area contributed by atoms with Crippen molar-refractivity contribution in [2.24, 2.45) is 0 Å². The van der Waals surface area contributed by atoms with Gasteiger partial charge >= 0.3 is 12.1 Å². The van der Waals surface area contributed by atoms with Crippen LogP contribution in [0.2, 0.25) is 5.02 Å². The molecular weight excluding hydrogens is 290 g/mol. The molecule has 0 aliphatic heterocycles. The molecular formula is C12H16ClNO4S. The molecule has 0 aliphatic rings. The quantitative estimate of drug-likeness (QED) is 0.928. The molecule has 1 N–H and O–H groups in total. The van der Waals surface area contributed by atoms with Gasteiger partial charge in [0.2, 0.25) is 0 Å². The third-order valence-corrected chi connectivity index (χ3v) is 3.67. The van der Waals surface area contributed by atoms with Crippen LogP contribution in [-0.4, -0.2) is 34.7 Å². The summed E-state index contributed by atoms with van der Waals surface area (Å²) in [5.74, 6) is -1.07. The molecule has 0 aromatic carbocycles. The monoisotopic (exact) mass is 305 g/mol. The number of carboxylic acid groups (broad SMARTS) is 1. The van der Waals surface area contributed by atoms with Crippen LogP contribution in [0.4, 0.5) is 4.79 Å². The molecule has 0 atom stereocenters. The first-order chi connectivity index (χ1) is 8.61. The smallest absolute Gasteiger partial charge is 0.410 e. The second kappa shape index (κ2) is 5.79. The molecule has 0 spiro atoms. The first-order valence-corrected chi connectivity index (χ1v) is 6.81. The average molecular weight is 306 g/mol. The molecule has 0 fully saturated rings. The molecule has 1 amide bonds. The van der Waals surface area contributed by atoms with Crippen molar-refractivity contribution in [3.63, 3.8) is 0 Å². The third kappa shape index (κ3) is 4.40. The van der Waals surface area contributed by atoms with Crippen LogP contribution in [0.25, 0.3) is 0 Å². The number of ether oxygens (including phenoxy) is 1. The molecule has 0 radical (unpaired) electrons. The van der Waals surface area contributed by atoms with Crippen LogP contribution in [0, 0.1) is 0 Å². The Morgan fingerprint density at radius 3 is 2.47 bits per heavy atom. The van der Waals surface area contributed by atoms with Crippen molar-refractivity contribution >= 4 is 35.0 Å². The maximum Gasteiger partial charge on any atom is 0.410 e. The van der Waals surface area contributed by atoms with Gasteiger partial charge in [-0.2, -0.15) is 0 Å². The number of amides is 1. The van der Waals surface area contributed by atoms with E-state index >= 15 is 0 Å². The Morgan fingerprint density at radius 1 is 1.47 bits per heavy atom. The summed E-state index contributed by atoms with van der Waals surface area (Å²) in [7, 11) is 1.57. The number of nitrogens with zero attached hydrogens (tertiary/aromatic N) is 1. The fourth-order valence-electron chi connectivity index (χ4n) is 1.29. The molecule has 1 aromatic rings. The molecule has 0 bridgehead atoms. The summed E-state index contributed by atoms with van der Waals surface area (Å²) in [6.45, 7) is 5.54. The predicted octanol–water partition coefficient (Wildman–Crippen LogP) is 3.47. The zero-order chi connectivity index (χ0) is 14.8. The van der Waals surface area contributed by atoms with Gasteiger partial charge in [-0.15, -0.1) is 11.3 Å². The number of carbonyl (C=O) groups is 2. The number of halogens is 1. The largest absolute Gasteiger partial charge is 0.477 e. The van der Waals surface area contributed by atoms with Crippen LogP contribution in [0.1, 0.15) is 36.0 Å². The van der Waals surface area contributed by atoms with Gasteiger partial charge in [-0.1, -0.05) is 11.6 Å². The first-order valence-electron chi connectivity index (χ1n) is 5.55. The first kappa shape index (κ1) is 15.8. The second-order valence-corrected chi connectivity index (χ2v) is 6.30. The van der Waals surface area contributed by atoms with Crippen molar-refractivity contribution in [3.8, 4) is 0 Å². The second-order valence-electron chi connectivity index (χ2n) is 5.05. The lowest BCUT2D eigenvalue weighted by Crippen LogP contribution is -2.33. The van der Waals surface area contributed by atoms with E-state index < -0.39 is 17.7 Å². The van der Waals surface area contributed by atoms with Crippen LogP contribution >= 0.6 is 22.9 Å². The number of hydrogen-bond acceptors (Lipinski definition) is 4. The number of rotatable bonds is 3. The molecule has 19 heavy (non-hydrogen) atoms.